The number of rotatable bonds is 7. The normalized spacial score (nSPS) is 29.5. The lowest BCUT2D eigenvalue weighted by atomic mass is 9.70. The maximum absolute atomic E-state index is 11.0. The van der Waals surface area contributed by atoms with Gasteiger partial charge in [-0.05, 0) is 92.6 Å². The smallest absolute Gasteiger partial charge is 0.0908 e. The Kier molecular flexibility index (Phi) is 8.16. The van der Waals surface area contributed by atoms with Crippen LogP contribution in [-0.2, 0) is 6.42 Å². The second kappa shape index (κ2) is 10.8. The lowest BCUT2D eigenvalue weighted by molar-refractivity contribution is 0.00971. The quantitative estimate of drug-likeness (QED) is 0.546. The number of aliphatic hydroxyl groups excluding tert-OH is 1. The summed E-state index contributed by atoms with van der Waals surface area (Å²) < 4.78 is 0. The summed E-state index contributed by atoms with van der Waals surface area (Å²) in [6.45, 7) is 2.21. The zero-order valence-corrected chi connectivity index (χ0v) is 17.5. The molecule has 0 saturated heterocycles. The van der Waals surface area contributed by atoms with E-state index in [1.54, 1.807) is 6.08 Å². The average Bonchev–Trinajstić information content (AvgIpc) is 2.77. The Hall–Kier alpha value is -1.59. The van der Waals surface area contributed by atoms with Crippen LogP contribution in [0.15, 0.2) is 36.4 Å². The van der Waals surface area contributed by atoms with E-state index in [2.05, 4.69) is 37.3 Å². The molecule has 1 N–H and O–H groups in total. The number of aliphatic hydroxyl groups is 1. The summed E-state index contributed by atoms with van der Waals surface area (Å²) in [7, 11) is 0. The highest BCUT2D eigenvalue weighted by Gasteiger charge is 2.33. The molecule has 3 rings (SSSR count). The van der Waals surface area contributed by atoms with E-state index in [4.69, 9.17) is 5.26 Å². The molecule has 152 valence electrons. The summed E-state index contributed by atoms with van der Waals surface area (Å²) in [5.41, 5.74) is 2.92. The van der Waals surface area contributed by atoms with Crippen LogP contribution in [0.25, 0.3) is 0 Å². The van der Waals surface area contributed by atoms with Gasteiger partial charge in [0.2, 0.25) is 0 Å². The van der Waals surface area contributed by atoms with E-state index in [0.717, 1.165) is 18.8 Å². The van der Waals surface area contributed by atoms with Crippen molar-refractivity contribution in [2.45, 2.75) is 89.6 Å². The number of hydrogen-bond donors (Lipinski definition) is 1. The van der Waals surface area contributed by atoms with Crippen LogP contribution in [0, 0.1) is 29.1 Å². The van der Waals surface area contributed by atoms with E-state index >= 15 is 0 Å². The Labute approximate surface area is 171 Å². The van der Waals surface area contributed by atoms with E-state index in [9.17, 15) is 5.11 Å². The third-order valence-electron chi connectivity index (χ3n) is 7.42. The molecular formula is C26H37NO. The van der Waals surface area contributed by atoms with Crippen LogP contribution < -0.4 is 0 Å². The maximum atomic E-state index is 11.0. The molecular weight excluding hydrogens is 342 g/mol. The van der Waals surface area contributed by atoms with Gasteiger partial charge in [0.25, 0.3) is 0 Å². The highest BCUT2D eigenvalue weighted by molar-refractivity contribution is 5.25. The molecule has 0 aliphatic heterocycles. The van der Waals surface area contributed by atoms with E-state index in [1.807, 2.05) is 6.08 Å². The van der Waals surface area contributed by atoms with Crippen molar-refractivity contribution in [1.82, 2.24) is 0 Å². The predicted octanol–water partition coefficient (Wildman–Crippen LogP) is 6.55. The van der Waals surface area contributed by atoms with Crippen molar-refractivity contribution in [3.8, 4) is 6.07 Å². The minimum Gasteiger partial charge on any atom is -0.393 e. The summed E-state index contributed by atoms with van der Waals surface area (Å²) in [6, 6.07) is 11.3. The molecule has 2 saturated carbocycles. The molecule has 2 fully saturated rings. The van der Waals surface area contributed by atoms with Gasteiger partial charge in [-0.25, -0.2) is 0 Å². The van der Waals surface area contributed by atoms with Crippen molar-refractivity contribution in [3.05, 3.63) is 47.5 Å². The van der Waals surface area contributed by atoms with Gasteiger partial charge in [-0.3, -0.25) is 0 Å². The monoisotopic (exact) mass is 379 g/mol. The number of nitriles is 1. The third-order valence-corrected chi connectivity index (χ3v) is 7.42. The molecule has 2 aliphatic carbocycles. The van der Waals surface area contributed by atoms with Crippen LogP contribution in [0.5, 0.6) is 0 Å². The summed E-state index contributed by atoms with van der Waals surface area (Å²) in [5.74, 6) is 2.49. The molecule has 1 aromatic carbocycles. The lowest BCUT2D eigenvalue weighted by Gasteiger charge is -2.38. The summed E-state index contributed by atoms with van der Waals surface area (Å²) >= 11 is 0. The standard InChI is InChI=1S/C26H37NO/c1-2-20-7-11-22(12-8-20)23-15-17-25(18-16-23)26(28)24-13-9-21(10-14-24)6-4-3-5-19-27/h3,5,7-8,11-12,21,23-26,28H,2,4,6,9-10,13-18H2,1H3. The first-order chi connectivity index (χ1) is 13.7. The van der Waals surface area contributed by atoms with Gasteiger partial charge in [-0.1, -0.05) is 50.1 Å². The van der Waals surface area contributed by atoms with Gasteiger partial charge in [0, 0.05) is 6.08 Å². The van der Waals surface area contributed by atoms with Crippen molar-refractivity contribution >= 4 is 0 Å². The first kappa shape index (κ1) is 21.1. The van der Waals surface area contributed by atoms with E-state index in [1.165, 1.54) is 68.9 Å². The van der Waals surface area contributed by atoms with Gasteiger partial charge in [0.1, 0.15) is 0 Å². The fourth-order valence-corrected chi connectivity index (χ4v) is 5.49. The van der Waals surface area contributed by atoms with Crippen molar-refractivity contribution in [2.24, 2.45) is 17.8 Å². The molecule has 0 bridgehead atoms. The fraction of sp³-hybridized carbons (Fsp3) is 0.654. The summed E-state index contributed by atoms with van der Waals surface area (Å²) in [5, 5.41) is 19.6. The van der Waals surface area contributed by atoms with Gasteiger partial charge in [-0.15, -0.1) is 0 Å². The summed E-state index contributed by atoms with van der Waals surface area (Å²) in [6.07, 6.45) is 16.5. The zero-order chi connectivity index (χ0) is 19.8. The molecule has 1 unspecified atom stereocenters. The molecule has 0 heterocycles. The van der Waals surface area contributed by atoms with Crippen LogP contribution in [0.2, 0.25) is 0 Å². The Morgan fingerprint density at radius 3 is 2.18 bits per heavy atom. The van der Waals surface area contributed by atoms with Crippen molar-refractivity contribution in [2.75, 3.05) is 0 Å². The van der Waals surface area contributed by atoms with Gasteiger partial charge in [0.15, 0.2) is 0 Å². The molecule has 2 nitrogen and oxygen atoms in total. The topological polar surface area (TPSA) is 44.0 Å². The number of aryl methyl sites for hydroxylation is 1. The fourth-order valence-electron chi connectivity index (χ4n) is 5.49. The number of nitrogens with zero attached hydrogens (tertiary/aromatic N) is 1. The van der Waals surface area contributed by atoms with Crippen molar-refractivity contribution in [1.29, 1.82) is 5.26 Å². The molecule has 28 heavy (non-hydrogen) atoms. The SMILES string of the molecule is CCc1ccc(C2CCC(C(O)C3CCC(CCC=CC#N)CC3)CC2)cc1. The number of hydrogen-bond acceptors (Lipinski definition) is 2. The van der Waals surface area contributed by atoms with Crippen LogP contribution in [0.4, 0.5) is 0 Å². The van der Waals surface area contributed by atoms with E-state index in [-0.39, 0.29) is 6.10 Å². The molecule has 0 radical (unpaired) electrons. The molecule has 0 aromatic heterocycles. The summed E-state index contributed by atoms with van der Waals surface area (Å²) in [4.78, 5) is 0. The van der Waals surface area contributed by atoms with Crippen molar-refractivity contribution < 1.29 is 5.11 Å². The third kappa shape index (κ3) is 5.71. The zero-order valence-electron chi connectivity index (χ0n) is 17.5. The van der Waals surface area contributed by atoms with Crippen LogP contribution in [-0.4, -0.2) is 11.2 Å². The number of benzene rings is 1. The average molecular weight is 380 g/mol. The predicted molar refractivity (Wildman–Crippen MR) is 116 cm³/mol. The molecule has 2 heteroatoms. The first-order valence-electron chi connectivity index (χ1n) is 11.5. The molecule has 1 aromatic rings. The second-order valence-corrected chi connectivity index (χ2v) is 9.09. The molecule has 1 atom stereocenters. The molecule has 0 amide bonds. The highest BCUT2D eigenvalue weighted by Crippen LogP contribution is 2.42. The number of allylic oxidation sites excluding steroid dienone is 2. The first-order valence-corrected chi connectivity index (χ1v) is 11.5. The lowest BCUT2D eigenvalue weighted by Crippen LogP contribution is -2.34. The largest absolute Gasteiger partial charge is 0.393 e. The Bertz CT molecular complexity index is 640. The van der Waals surface area contributed by atoms with Gasteiger partial charge in [-0.2, -0.15) is 5.26 Å². The van der Waals surface area contributed by atoms with Crippen LogP contribution in [0.1, 0.15) is 88.2 Å². The van der Waals surface area contributed by atoms with Crippen LogP contribution >= 0.6 is 0 Å². The van der Waals surface area contributed by atoms with Gasteiger partial charge in [0.05, 0.1) is 12.2 Å². The molecule has 2 aliphatic rings. The van der Waals surface area contributed by atoms with Gasteiger partial charge >= 0.3 is 0 Å². The van der Waals surface area contributed by atoms with E-state index in [0.29, 0.717) is 17.8 Å². The van der Waals surface area contributed by atoms with Crippen molar-refractivity contribution in [3.63, 3.8) is 0 Å². The minimum absolute atomic E-state index is 0.0946. The Morgan fingerprint density at radius 1 is 1.00 bits per heavy atom. The molecule has 0 spiro atoms. The Balaban J connectivity index is 1.41. The maximum Gasteiger partial charge on any atom is 0.0908 e. The Morgan fingerprint density at radius 2 is 1.61 bits per heavy atom. The van der Waals surface area contributed by atoms with Crippen LogP contribution in [0.3, 0.4) is 0 Å². The van der Waals surface area contributed by atoms with Gasteiger partial charge < -0.3 is 5.11 Å². The van der Waals surface area contributed by atoms with E-state index < -0.39 is 0 Å². The highest BCUT2D eigenvalue weighted by atomic mass is 16.3. The second-order valence-electron chi connectivity index (χ2n) is 9.09. The minimum atomic E-state index is -0.0946.